The molecule has 0 aromatic heterocycles. The summed E-state index contributed by atoms with van der Waals surface area (Å²) in [5.41, 5.74) is 0. The average Bonchev–Trinajstić information content (AvgIpc) is 1.99. The second-order valence-corrected chi connectivity index (χ2v) is 3.92. The lowest BCUT2D eigenvalue weighted by Crippen LogP contribution is -2.05. The minimum Gasteiger partial charge on any atom is -0.393 e. The van der Waals surface area contributed by atoms with Gasteiger partial charge in [-0.1, -0.05) is 19.8 Å². The summed E-state index contributed by atoms with van der Waals surface area (Å²) in [6, 6.07) is 0. The Morgan fingerprint density at radius 3 is 2.55 bits per heavy atom. The van der Waals surface area contributed by atoms with Crippen LogP contribution in [-0.2, 0) is 0 Å². The standard InChI is InChI=1S/C9H20OS/c1-3-6-9(10)7-4-5-8-11-2/h9-10H,3-8H2,1-2H3. The fourth-order valence-corrected chi connectivity index (χ4v) is 1.60. The molecule has 1 nitrogen and oxygen atoms in total. The number of unbranched alkanes of at least 4 members (excludes halogenated alkanes) is 1. The molecule has 0 radical (unpaired) electrons. The quantitative estimate of drug-likeness (QED) is 0.602. The van der Waals surface area contributed by atoms with E-state index in [2.05, 4.69) is 13.2 Å². The molecule has 0 bridgehead atoms. The predicted octanol–water partition coefficient (Wildman–Crippen LogP) is 2.68. The average molecular weight is 176 g/mol. The topological polar surface area (TPSA) is 20.2 Å². The zero-order chi connectivity index (χ0) is 8.53. The van der Waals surface area contributed by atoms with E-state index in [1.54, 1.807) is 0 Å². The van der Waals surface area contributed by atoms with Gasteiger partial charge in [0.05, 0.1) is 6.10 Å². The largest absolute Gasteiger partial charge is 0.393 e. The van der Waals surface area contributed by atoms with Gasteiger partial charge in [-0.25, -0.2) is 0 Å². The van der Waals surface area contributed by atoms with Crippen molar-refractivity contribution in [2.45, 2.75) is 45.1 Å². The first-order chi connectivity index (χ1) is 5.31. The minimum atomic E-state index is -0.0399. The Morgan fingerprint density at radius 2 is 2.00 bits per heavy atom. The summed E-state index contributed by atoms with van der Waals surface area (Å²) in [6.45, 7) is 2.12. The molecule has 11 heavy (non-hydrogen) atoms. The van der Waals surface area contributed by atoms with Gasteiger partial charge in [0.15, 0.2) is 0 Å². The smallest absolute Gasteiger partial charge is 0.0540 e. The molecule has 0 saturated heterocycles. The second-order valence-electron chi connectivity index (χ2n) is 2.93. The van der Waals surface area contributed by atoms with Crippen LogP contribution in [0.5, 0.6) is 0 Å². The maximum Gasteiger partial charge on any atom is 0.0540 e. The maximum absolute atomic E-state index is 9.34. The fourth-order valence-electron chi connectivity index (χ4n) is 1.10. The Morgan fingerprint density at radius 1 is 1.27 bits per heavy atom. The molecule has 0 amide bonds. The van der Waals surface area contributed by atoms with Gasteiger partial charge < -0.3 is 5.11 Å². The van der Waals surface area contributed by atoms with Crippen molar-refractivity contribution in [2.75, 3.05) is 12.0 Å². The maximum atomic E-state index is 9.34. The molecule has 0 aromatic rings. The van der Waals surface area contributed by atoms with E-state index >= 15 is 0 Å². The molecule has 0 rings (SSSR count). The summed E-state index contributed by atoms with van der Waals surface area (Å²) in [4.78, 5) is 0. The lowest BCUT2D eigenvalue weighted by atomic mass is 10.1. The number of hydrogen-bond donors (Lipinski definition) is 1. The van der Waals surface area contributed by atoms with E-state index in [9.17, 15) is 5.11 Å². The van der Waals surface area contributed by atoms with E-state index in [1.807, 2.05) is 11.8 Å². The Labute approximate surface area is 74.6 Å². The number of rotatable bonds is 7. The number of aliphatic hydroxyl groups excluding tert-OH is 1. The SMILES string of the molecule is CCCC(O)CCCCSC. The van der Waals surface area contributed by atoms with Crippen molar-refractivity contribution in [1.82, 2.24) is 0 Å². The molecule has 0 aliphatic rings. The third kappa shape index (κ3) is 8.21. The van der Waals surface area contributed by atoms with Crippen LogP contribution in [0.3, 0.4) is 0 Å². The lowest BCUT2D eigenvalue weighted by molar-refractivity contribution is 0.151. The lowest BCUT2D eigenvalue weighted by Gasteiger charge is -2.07. The van der Waals surface area contributed by atoms with E-state index < -0.39 is 0 Å². The molecule has 0 spiro atoms. The molecular weight excluding hydrogens is 156 g/mol. The molecule has 0 aliphatic carbocycles. The molecule has 1 N–H and O–H groups in total. The minimum absolute atomic E-state index is 0.0399. The molecule has 1 unspecified atom stereocenters. The Hall–Kier alpha value is 0.310. The van der Waals surface area contributed by atoms with Crippen LogP contribution in [0, 0.1) is 0 Å². The summed E-state index contributed by atoms with van der Waals surface area (Å²) in [5, 5.41) is 9.34. The van der Waals surface area contributed by atoms with Crippen LogP contribution in [-0.4, -0.2) is 23.2 Å². The molecule has 0 fully saturated rings. The van der Waals surface area contributed by atoms with Gasteiger partial charge in [-0.3, -0.25) is 0 Å². The van der Waals surface area contributed by atoms with E-state index in [0.29, 0.717) is 0 Å². The highest BCUT2D eigenvalue weighted by Crippen LogP contribution is 2.08. The van der Waals surface area contributed by atoms with E-state index in [0.717, 1.165) is 19.3 Å². The van der Waals surface area contributed by atoms with Crippen molar-refractivity contribution in [1.29, 1.82) is 0 Å². The number of hydrogen-bond acceptors (Lipinski definition) is 2. The van der Waals surface area contributed by atoms with Gasteiger partial charge in [0.2, 0.25) is 0 Å². The Kier molecular flexibility index (Phi) is 8.64. The second kappa shape index (κ2) is 8.41. The van der Waals surface area contributed by atoms with E-state index in [1.165, 1.54) is 18.6 Å². The Balaban J connectivity index is 2.97. The van der Waals surface area contributed by atoms with Crippen molar-refractivity contribution >= 4 is 11.8 Å². The fraction of sp³-hybridized carbons (Fsp3) is 1.00. The molecule has 1 atom stereocenters. The van der Waals surface area contributed by atoms with E-state index in [4.69, 9.17) is 0 Å². The zero-order valence-electron chi connectivity index (χ0n) is 7.68. The highest BCUT2D eigenvalue weighted by molar-refractivity contribution is 7.98. The van der Waals surface area contributed by atoms with Crippen LogP contribution < -0.4 is 0 Å². The molecule has 0 saturated carbocycles. The first-order valence-corrected chi connectivity index (χ1v) is 5.87. The molecule has 0 heterocycles. The summed E-state index contributed by atoms with van der Waals surface area (Å²) >= 11 is 1.89. The number of thioether (sulfide) groups is 1. The highest BCUT2D eigenvalue weighted by Gasteiger charge is 2.00. The molecular formula is C9H20OS. The van der Waals surface area contributed by atoms with Crippen molar-refractivity contribution in [2.24, 2.45) is 0 Å². The molecule has 0 aromatic carbocycles. The van der Waals surface area contributed by atoms with Crippen LogP contribution in [0.4, 0.5) is 0 Å². The van der Waals surface area contributed by atoms with Gasteiger partial charge in [-0.15, -0.1) is 0 Å². The van der Waals surface area contributed by atoms with Gasteiger partial charge in [-0.2, -0.15) is 11.8 Å². The van der Waals surface area contributed by atoms with Gasteiger partial charge in [0.1, 0.15) is 0 Å². The van der Waals surface area contributed by atoms with Crippen LogP contribution in [0.1, 0.15) is 39.0 Å². The van der Waals surface area contributed by atoms with E-state index in [-0.39, 0.29) is 6.10 Å². The summed E-state index contributed by atoms with van der Waals surface area (Å²) in [6.07, 6.45) is 7.59. The highest BCUT2D eigenvalue weighted by atomic mass is 32.2. The Bertz CT molecular complexity index is 76.0. The van der Waals surface area contributed by atoms with Crippen LogP contribution >= 0.6 is 11.8 Å². The van der Waals surface area contributed by atoms with Crippen LogP contribution in [0.25, 0.3) is 0 Å². The first-order valence-electron chi connectivity index (χ1n) is 4.48. The third-order valence-electron chi connectivity index (χ3n) is 1.76. The summed E-state index contributed by atoms with van der Waals surface area (Å²) in [7, 11) is 0. The summed E-state index contributed by atoms with van der Waals surface area (Å²) in [5.74, 6) is 1.23. The first kappa shape index (κ1) is 11.3. The van der Waals surface area contributed by atoms with Crippen molar-refractivity contribution < 1.29 is 5.11 Å². The zero-order valence-corrected chi connectivity index (χ0v) is 8.49. The molecule has 2 heteroatoms. The monoisotopic (exact) mass is 176 g/mol. The number of aliphatic hydroxyl groups is 1. The molecule has 68 valence electrons. The van der Waals surface area contributed by atoms with Gasteiger partial charge >= 0.3 is 0 Å². The van der Waals surface area contributed by atoms with Gasteiger partial charge in [-0.05, 0) is 31.3 Å². The van der Waals surface area contributed by atoms with Crippen LogP contribution in [0.15, 0.2) is 0 Å². The van der Waals surface area contributed by atoms with Crippen molar-refractivity contribution in [3.8, 4) is 0 Å². The predicted molar refractivity (Wildman–Crippen MR) is 53.1 cm³/mol. The van der Waals surface area contributed by atoms with Gasteiger partial charge in [0, 0.05) is 0 Å². The normalized spacial score (nSPS) is 13.4. The summed E-state index contributed by atoms with van der Waals surface area (Å²) < 4.78 is 0. The van der Waals surface area contributed by atoms with Gasteiger partial charge in [0.25, 0.3) is 0 Å². The van der Waals surface area contributed by atoms with Crippen molar-refractivity contribution in [3.63, 3.8) is 0 Å². The molecule has 0 aliphatic heterocycles. The third-order valence-corrected chi connectivity index (χ3v) is 2.45. The van der Waals surface area contributed by atoms with Crippen LogP contribution in [0.2, 0.25) is 0 Å². The van der Waals surface area contributed by atoms with Crippen molar-refractivity contribution in [3.05, 3.63) is 0 Å².